The number of pyridine rings is 1. The third-order valence-electron chi connectivity index (χ3n) is 7.74. The average molecular weight is 431 g/mol. The van der Waals surface area contributed by atoms with Crippen LogP contribution >= 0.6 is 0 Å². The lowest BCUT2D eigenvalue weighted by Gasteiger charge is -2.55. The fourth-order valence-corrected chi connectivity index (χ4v) is 5.74. The van der Waals surface area contributed by atoms with Crippen LogP contribution in [0.2, 0.25) is 0 Å². The van der Waals surface area contributed by atoms with E-state index in [2.05, 4.69) is 51.4 Å². The average Bonchev–Trinajstić information content (AvgIpc) is 3.33. The highest BCUT2D eigenvalue weighted by molar-refractivity contribution is 5.79. The van der Waals surface area contributed by atoms with E-state index in [4.69, 9.17) is 4.98 Å². The van der Waals surface area contributed by atoms with Gasteiger partial charge in [-0.2, -0.15) is 4.98 Å². The van der Waals surface area contributed by atoms with E-state index in [0.717, 1.165) is 48.2 Å². The number of piperidine rings is 1. The Morgan fingerprint density at radius 2 is 1.75 bits per heavy atom. The predicted molar refractivity (Wildman–Crippen MR) is 128 cm³/mol. The van der Waals surface area contributed by atoms with Crippen molar-refractivity contribution in [1.29, 1.82) is 0 Å². The predicted octanol–water partition coefficient (Wildman–Crippen LogP) is 3.85. The van der Waals surface area contributed by atoms with Gasteiger partial charge in [-0.25, -0.2) is 4.98 Å². The van der Waals surface area contributed by atoms with Crippen molar-refractivity contribution in [3.05, 3.63) is 52.4 Å². The smallest absolute Gasteiger partial charge is 0.252 e. The maximum atomic E-state index is 12.8. The molecule has 3 aliphatic heterocycles. The number of fused-ring (bicyclic) bond motifs is 3. The maximum absolute atomic E-state index is 12.8. The molecular formula is C25H30N6O. The monoisotopic (exact) mass is 430 g/mol. The molecule has 7 rings (SSSR count). The van der Waals surface area contributed by atoms with Crippen LogP contribution in [0.25, 0.3) is 11.0 Å². The van der Waals surface area contributed by atoms with E-state index < -0.39 is 0 Å². The molecule has 7 nitrogen and oxygen atoms in total. The van der Waals surface area contributed by atoms with Crippen LogP contribution < -0.4 is 15.8 Å². The minimum absolute atomic E-state index is 0.0427. The zero-order chi connectivity index (χ0) is 21.8. The van der Waals surface area contributed by atoms with E-state index in [0.29, 0.717) is 18.0 Å². The molecule has 0 amide bonds. The molecule has 3 saturated heterocycles. The van der Waals surface area contributed by atoms with Gasteiger partial charge in [0, 0.05) is 60.2 Å². The lowest BCUT2D eigenvalue weighted by Crippen LogP contribution is -2.67. The number of rotatable bonds is 4. The van der Waals surface area contributed by atoms with Crippen LogP contribution in [0.3, 0.4) is 0 Å². The van der Waals surface area contributed by atoms with Crippen LogP contribution in [0.1, 0.15) is 43.7 Å². The molecule has 5 heterocycles. The Morgan fingerprint density at radius 1 is 1.03 bits per heavy atom. The summed E-state index contributed by atoms with van der Waals surface area (Å²) in [6, 6.07) is 11.9. The molecule has 2 atom stereocenters. The van der Waals surface area contributed by atoms with E-state index in [1.54, 1.807) is 6.07 Å². The molecule has 1 saturated carbocycles. The number of nitrogens with one attached hydrogen (secondary N) is 1. The van der Waals surface area contributed by atoms with E-state index >= 15 is 0 Å². The summed E-state index contributed by atoms with van der Waals surface area (Å²) in [7, 11) is 2.24. The molecule has 0 radical (unpaired) electrons. The minimum Gasteiger partial charge on any atom is -0.368 e. The first-order valence-corrected chi connectivity index (χ1v) is 11.8. The van der Waals surface area contributed by atoms with E-state index in [-0.39, 0.29) is 11.6 Å². The van der Waals surface area contributed by atoms with Crippen LogP contribution in [-0.2, 0) is 0 Å². The largest absolute Gasteiger partial charge is 0.368 e. The molecule has 4 aliphatic rings. The van der Waals surface area contributed by atoms with Crippen LogP contribution in [0.5, 0.6) is 0 Å². The van der Waals surface area contributed by atoms with Crippen LogP contribution in [-0.4, -0.2) is 51.7 Å². The minimum atomic E-state index is 0.0427. The summed E-state index contributed by atoms with van der Waals surface area (Å²) in [5, 5.41) is 4.29. The van der Waals surface area contributed by atoms with Gasteiger partial charge in [0.1, 0.15) is 5.65 Å². The molecule has 166 valence electrons. The van der Waals surface area contributed by atoms with Crippen molar-refractivity contribution in [1.82, 2.24) is 19.4 Å². The normalized spacial score (nSPS) is 23.5. The Bertz CT molecular complexity index is 1200. The molecule has 2 aromatic heterocycles. The Morgan fingerprint density at radius 3 is 2.44 bits per heavy atom. The van der Waals surface area contributed by atoms with Crippen molar-refractivity contribution in [3.63, 3.8) is 0 Å². The first-order chi connectivity index (χ1) is 15.6. The summed E-state index contributed by atoms with van der Waals surface area (Å²) in [6.45, 7) is 4.16. The number of aromatic nitrogens is 3. The van der Waals surface area contributed by atoms with Gasteiger partial charge in [-0.1, -0.05) is 12.8 Å². The third kappa shape index (κ3) is 3.26. The highest BCUT2D eigenvalue weighted by Crippen LogP contribution is 2.34. The maximum Gasteiger partial charge on any atom is 0.252 e. The fourth-order valence-electron chi connectivity index (χ4n) is 5.74. The quantitative estimate of drug-likeness (QED) is 0.678. The van der Waals surface area contributed by atoms with E-state index in [9.17, 15) is 4.79 Å². The lowest BCUT2D eigenvalue weighted by molar-refractivity contribution is 0.0264. The molecule has 1 N–H and O–H groups in total. The van der Waals surface area contributed by atoms with Crippen molar-refractivity contribution in [2.45, 2.75) is 57.2 Å². The Hall–Kier alpha value is -2.93. The Kier molecular flexibility index (Phi) is 4.68. The second kappa shape index (κ2) is 7.59. The molecule has 7 heteroatoms. The summed E-state index contributed by atoms with van der Waals surface area (Å²) in [5.41, 5.74) is 3.94. The van der Waals surface area contributed by atoms with Gasteiger partial charge < -0.3 is 10.2 Å². The van der Waals surface area contributed by atoms with Crippen molar-refractivity contribution in [3.8, 4) is 0 Å². The topological polar surface area (TPSA) is 66.3 Å². The van der Waals surface area contributed by atoms with Crippen LogP contribution in [0.15, 0.2) is 41.3 Å². The number of benzene rings is 1. The second-order valence-corrected chi connectivity index (χ2v) is 9.69. The molecular weight excluding hydrogens is 400 g/mol. The van der Waals surface area contributed by atoms with Gasteiger partial charge in [-0.15, -0.1) is 0 Å². The first kappa shape index (κ1) is 19.7. The Balaban J connectivity index is 1.26. The van der Waals surface area contributed by atoms with Crippen molar-refractivity contribution in [2.75, 3.05) is 30.4 Å². The van der Waals surface area contributed by atoms with Gasteiger partial charge >= 0.3 is 0 Å². The van der Waals surface area contributed by atoms with Gasteiger partial charge in [0.05, 0.1) is 0 Å². The highest BCUT2D eigenvalue weighted by atomic mass is 16.1. The van der Waals surface area contributed by atoms with Gasteiger partial charge in [-0.05, 0) is 63.1 Å². The number of hydrogen-bond donors (Lipinski definition) is 1. The standard InChI is InChI=1S/C25H30N6O/c1-16-11-23(32)31(19-5-3-4-6-19)24-22(16)13-26-25(28-24)27-17-7-9-18(10-8-17)30-14-20-12-21(15-30)29(20)2/h7-11,13,19-21H,3-6,12,14-15H2,1-2H3,(H,26,27,28). The number of hydrogen-bond acceptors (Lipinski definition) is 6. The Labute approximate surface area is 188 Å². The number of anilines is 3. The zero-order valence-corrected chi connectivity index (χ0v) is 18.8. The van der Waals surface area contributed by atoms with Gasteiger partial charge in [0.15, 0.2) is 0 Å². The zero-order valence-electron chi connectivity index (χ0n) is 18.8. The molecule has 3 aromatic rings. The van der Waals surface area contributed by atoms with Crippen LogP contribution in [0, 0.1) is 6.92 Å². The summed E-state index contributed by atoms with van der Waals surface area (Å²) in [4.78, 5) is 27.1. The highest BCUT2D eigenvalue weighted by Gasteiger charge is 2.42. The molecule has 32 heavy (non-hydrogen) atoms. The van der Waals surface area contributed by atoms with Crippen molar-refractivity contribution >= 4 is 28.4 Å². The molecule has 4 fully saturated rings. The van der Waals surface area contributed by atoms with Gasteiger partial charge in [-0.3, -0.25) is 14.3 Å². The molecule has 2 bridgehead atoms. The molecule has 2 unspecified atom stereocenters. The number of nitrogens with zero attached hydrogens (tertiary/aromatic N) is 5. The second-order valence-electron chi connectivity index (χ2n) is 9.69. The summed E-state index contributed by atoms with van der Waals surface area (Å²) < 4.78 is 1.89. The fraction of sp³-hybridized carbons (Fsp3) is 0.480. The van der Waals surface area contributed by atoms with Gasteiger partial charge in [0.25, 0.3) is 5.56 Å². The molecule has 0 spiro atoms. The van der Waals surface area contributed by atoms with Crippen molar-refractivity contribution in [2.24, 2.45) is 0 Å². The van der Waals surface area contributed by atoms with Crippen LogP contribution in [0.4, 0.5) is 17.3 Å². The van der Waals surface area contributed by atoms with E-state index in [1.807, 2.05) is 17.7 Å². The van der Waals surface area contributed by atoms with Gasteiger partial charge in [0.2, 0.25) is 5.95 Å². The first-order valence-electron chi connectivity index (χ1n) is 11.8. The van der Waals surface area contributed by atoms with Crippen molar-refractivity contribution < 1.29 is 0 Å². The summed E-state index contributed by atoms with van der Waals surface area (Å²) >= 11 is 0. The number of aryl methyl sites for hydroxylation is 1. The number of likely N-dealkylation sites (N-methyl/N-ethyl adjacent to an activating group) is 1. The lowest BCUT2D eigenvalue weighted by atomic mass is 9.88. The SMILES string of the molecule is Cc1cc(=O)n(C2CCCC2)c2nc(Nc3ccc(N4CC5CC(C4)N5C)cc3)ncc12. The number of piperazine rings is 1. The molecule has 1 aliphatic carbocycles. The molecule has 1 aromatic carbocycles. The third-order valence-corrected chi connectivity index (χ3v) is 7.74. The summed E-state index contributed by atoms with van der Waals surface area (Å²) in [5.74, 6) is 0.530. The summed E-state index contributed by atoms with van der Waals surface area (Å²) in [6.07, 6.45) is 7.60. The van der Waals surface area contributed by atoms with E-state index in [1.165, 1.54) is 24.9 Å².